The van der Waals surface area contributed by atoms with E-state index in [2.05, 4.69) is 56.0 Å². The highest BCUT2D eigenvalue weighted by Crippen LogP contribution is 2.14. The molecule has 0 aliphatic heterocycles. The molecule has 0 bridgehead atoms. The zero-order chi connectivity index (χ0) is 26.3. The molecule has 9 heteroatoms. The molecule has 0 aliphatic rings. The second-order valence-electron chi connectivity index (χ2n) is 9.15. The first kappa shape index (κ1) is 35.6. The van der Waals surface area contributed by atoms with Crippen LogP contribution in [0, 0.1) is 5.92 Å². The SMILES string of the molecule is C.CC[C@H](C)[C@H](NS(C)(=O)=O)C(=O)N[C@@H](CSC/C=C(\C)CC/C=C(\C)CCC=C(C)C)C(=O)O. The van der Waals surface area contributed by atoms with Crippen molar-refractivity contribution in [3.63, 3.8) is 0 Å². The molecule has 0 aliphatic carbocycles. The standard InChI is InChI=1S/C25H44N2O5S2.CH4/c1-8-21(6)23(27-34(7,31)32)24(28)26-22(25(29)30)17-33-16-15-20(5)14-10-13-19(4)12-9-11-18(2)3;/h11,13,15,21-23,27H,8-10,12,14,16-17H2,1-7H3,(H,26,28)(H,29,30);1H4/b19-13+,20-15+;/t21-,22-,23-;/m0./s1. The summed E-state index contributed by atoms with van der Waals surface area (Å²) in [6.45, 7) is 12.0. The number of allylic oxidation sites excluding steroid dienone is 5. The summed E-state index contributed by atoms with van der Waals surface area (Å²) in [5.74, 6) is -1.19. The quantitative estimate of drug-likeness (QED) is 0.173. The molecule has 0 unspecified atom stereocenters. The molecule has 7 nitrogen and oxygen atoms in total. The summed E-state index contributed by atoms with van der Waals surface area (Å²) in [6, 6.07) is -2.10. The molecule has 0 saturated heterocycles. The Hall–Kier alpha value is -1.58. The molecule has 0 radical (unpaired) electrons. The second-order valence-corrected chi connectivity index (χ2v) is 12.0. The van der Waals surface area contributed by atoms with Crippen LogP contribution in [0.2, 0.25) is 0 Å². The molecule has 35 heavy (non-hydrogen) atoms. The summed E-state index contributed by atoms with van der Waals surface area (Å²) in [5.41, 5.74) is 3.97. The van der Waals surface area contributed by atoms with Crippen molar-refractivity contribution >= 4 is 33.7 Å². The number of aliphatic carboxylic acids is 1. The third-order valence-electron chi connectivity index (χ3n) is 5.41. The molecule has 1 amide bonds. The number of carbonyl (C=O) groups excluding carboxylic acids is 1. The van der Waals surface area contributed by atoms with Crippen LogP contribution < -0.4 is 10.0 Å². The van der Waals surface area contributed by atoms with Crippen LogP contribution in [0.3, 0.4) is 0 Å². The minimum Gasteiger partial charge on any atom is -0.480 e. The van der Waals surface area contributed by atoms with Crippen LogP contribution >= 0.6 is 11.8 Å². The molecular formula is C26H48N2O5S2. The Kier molecular flexibility index (Phi) is 19.0. The van der Waals surface area contributed by atoms with Crippen molar-refractivity contribution in [2.75, 3.05) is 17.8 Å². The third kappa shape index (κ3) is 18.4. The highest BCUT2D eigenvalue weighted by atomic mass is 32.2. The molecule has 3 atom stereocenters. The fourth-order valence-electron chi connectivity index (χ4n) is 3.06. The molecule has 0 aromatic heterocycles. The van der Waals surface area contributed by atoms with E-state index in [0.717, 1.165) is 31.9 Å². The van der Waals surface area contributed by atoms with Crippen LogP contribution in [0.5, 0.6) is 0 Å². The van der Waals surface area contributed by atoms with Crippen LogP contribution in [0.15, 0.2) is 34.9 Å². The van der Waals surface area contributed by atoms with Gasteiger partial charge in [0.15, 0.2) is 0 Å². The van der Waals surface area contributed by atoms with E-state index in [-0.39, 0.29) is 19.1 Å². The predicted molar refractivity (Wildman–Crippen MR) is 150 cm³/mol. The summed E-state index contributed by atoms with van der Waals surface area (Å²) in [4.78, 5) is 24.3. The van der Waals surface area contributed by atoms with Crippen molar-refractivity contribution < 1.29 is 23.1 Å². The van der Waals surface area contributed by atoms with Crippen LogP contribution in [-0.4, -0.2) is 55.2 Å². The number of hydrogen-bond donors (Lipinski definition) is 3. The Morgan fingerprint density at radius 3 is 2.03 bits per heavy atom. The second kappa shape index (κ2) is 18.7. The molecular weight excluding hydrogens is 484 g/mol. The van der Waals surface area contributed by atoms with E-state index in [1.165, 1.54) is 28.5 Å². The number of amides is 1. The lowest BCUT2D eigenvalue weighted by Crippen LogP contribution is -2.54. The van der Waals surface area contributed by atoms with Crippen molar-refractivity contribution in [2.45, 2.75) is 93.2 Å². The van der Waals surface area contributed by atoms with E-state index in [4.69, 9.17) is 0 Å². The van der Waals surface area contributed by atoms with E-state index >= 15 is 0 Å². The Morgan fingerprint density at radius 2 is 1.54 bits per heavy atom. The molecule has 0 aromatic carbocycles. The maximum Gasteiger partial charge on any atom is 0.327 e. The van der Waals surface area contributed by atoms with E-state index in [9.17, 15) is 23.1 Å². The van der Waals surface area contributed by atoms with Crippen molar-refractivity contribution in [1.29, 1.82) is 0 Å². The Balaban J connectivity index is 0. The van der Waals surface area contributed by atoms with Crippen molar-refractivity contribution in [3.05, 3.63) is 34.9 Å². The monoisotopic (exact) mass is 532 g/mol. The minimum absolute atomic E-state index is 0. The zero-order valence-electron chi connectivity index (χ0n) is 21.8. The van der Waals surface area contributed by atoms with Gasteiger partial charge in [0.1, 0.15) is 12.1 Å². The fraction of sp³-hybridized carbons (Fsp3) is 0.692. The first-order chi connectivity index (χ1) is 15.8. The van der Waals surface area contributed by atoms with Gasteiger partial charge in [-0.2, -0.15) is 11.8 Å². The van der Waals surface area contributed by atoms with Gasteiger partial charge in [0.05, 0.1) is 6.26 Å². The normalized spacial score (nSPS) is 14.9. The summed E-state index contributed by atoms with van der Waals surface area (Å²) >= 11 is 1.42. The Bertz CT molecular complexity index is 844. The number of carboxylic acid groups (broad SMARTS) is 1. The van der Waals surface area contributed by atoms with Crippen molar-refractivity contribution in [3.8, 4) is 0 Å². The van der Waals surface area contributed by atoms with E-state index in [1.54, 1.807) is 6.92 Å². The number of carbonyl (C=O) groups is 2. The lowest BCUT2D eigenvalue weighted by atomic mass is 9.99. The molecule has 0 heterocycles. The Labute approximate surface area is 218 Å². The van der Waals surface area contributed by atoms with Crippen LogP contribution in [0.25, 0.3) is 0 Å². The van der Waals surface area contributed by atoms with E-state index < -0.39 is 34.0 Å². The molecule has 3 N–H and O–H groups in total. The first-order valence-corrected chi connectivity index (χ1v) is 14.8. The predicted octanol–water partition coefficient (Wildman–Crippen LogP) is 5.31. The number of thioether (sulfide) groups is 1. The minimum atomic E-state index is -3.61. The summed E-state index contributed by atoms with van der Waals surface area (Å²) in [7, 11) is -3.61. The van der Waals surface area contributed by atoms with Crippen molar-refractivity contribution in [2.24, 2.45) is 5.92 Å². The molecule has 0 fully saturated rings. The number of carboxylic acids is 1. The number of hydrogen-bond acceptors (Lipinski definition) is 5. The van der Waals surface area contributed by atoms with E-state index in [0.29, 0.717) is 12.2 Å². The third-order valence-corrected chi connectivity index (χ3v) is 7.06. The fourth-order valence-corrected chi connectivity index (χ4v) is 4.86. The lowest BCUT2D eigenvalue weighted by Gasteiger charge is -2.24. The molecule has 204 valence electrons. The van der Waals surface area contributed by atoms with Gasteiger partial charge >= 0.3 is 5.97 Å². The number of nitrogens with one attached hydrogen (secondary N) is 2. The van der Waals surface area contributed by atoms with Gasteiger partial charge in [0.2, 0.25) is 15.9 Å². The van der Waals surface area contributed by atoms with Crippen LogP contribution in [0.1, 0.15) is 81.1 Å². The van der Waals surface area contributed by atoms with Gasteiger partial charge in [0, 0.05) is 11.5 Å². The molecule has 0 spiro atoms. The average Bonchev–Trinajstić information content (AvgIpc) is 2.72. The number of rotatable bonds is 17. The van der Waals surface area contributed by atoms with Gasteiger partial charge < -0.3 is 10.4 Å². The van der Waals surface area contributed by atoms with Gasteiger partial charge in [-0.1, -0.05) is 62.6 Å². The Morgan fingerprint density at radius 1 is 1.00 bits per heavy atom. The van der Waals surface area contributed by atoms with Crippen LogP contribution in [-0.2, 0) is 19.6 Å². The topological polar surface area (TPSA) is 113 Å². The highest BCUT2D eigenvalue weighted by molar-refractivity contribution is 7.99. The van der Waals surface area contributed by atoms with Crippen molar-refractivity contribution in [1.82, 2.24) is 10.0 Å². The van der Waals surface area contributed by atoms with Crippen LogP contribution in [0.4, 0.5) is 0 Å². The average molecular weight is 533 g/mol. The maximum absolute atomic E-state index is 12.6. The molecule has 0 aromatic rings. The number of sulfonamides is 1. The molecule has 0 saturated carbocycles. The van der Waals surface area contributed by atoms with Gasteiger partial charge in [-0.15, -0.1) is 0 Å². The molecule has 0 rings (SSSR count). The highest BCUT2D eigenvalue weighted by Gasteiger charge is 2.30. The smallest absolute Gasteiger partial charge is 0.327 e. The van der Waals surface area contributed by atoms with Gasteiger partial charge in [-0.05, 0) is 59.3 Å². The maximum atomic E-state index is 12.6. The van der Waals surface area contributed by atoms with Gasteiger partial charge in [-0.3, -0.25) is 4.79 Å². The summed E-state index contributed by atoms with van der Waals surface area (Å²) in [5, 5.41) is 12.0. The first-order valence-electron chi connectivity index (χ1n) is 11.8. The van der Waals surface area contributed by atoms with Gasteiger partial charge in [-0.25, -0.2) is 17.9 Å². The largest absolute Gasteiger partial charge is 0.480 e. The lowest BCUT2D eigenvalue weighted by molar-refractivity contribution is -0.141. The van der Waals surface area contributed by atoms with E-state index in [1.807, 2.05) is 6.92 Å². The van der Waals surface area contributed by atoms with Gasteiger partial charge in [0.25, 0.3) is 0 Å². The summed E-state index contributed by atoms with van der Waals surface area (Å²) < 4.78 is 25.6. The summed E-state index contributed by atoms with van der Waals surface area (Å²) in [6.07, 6.45) is 12.2. The zero-order valence-corrected chi connectivity index (χ0v) is 23.4.